The van der Waals surface area contributed by atoms with Crippen molar-refractivity contribution in [2.24, 2.45) is 0 Å². The minimum absolute atomic E-state index is 0.0378. The third kappa shape index (κ3) is 4.49. The Hall–Kier alpha value is -2.49. The molecule has 1 aliphatic heterocycles. The maximum absolute atomic E-state index is 12.7. The van der Waals surface area contributed by atoms with Crippen LogP contribution in [0, 0.1) is 0 Å². The van der Waals surface area contributed by atoms with Gasteiger partial charge in [-0.15, -0.1) is 0 Å². The van der Waals surface area contributed by atoms with Gasteiger partial charge in [0.1, 0.15) is 5.69 Å². The first kappa shape index (κ1) is 20.2. The highest BCUT2D eigenvalue weighted by Crippen LogP contribution is 2.33. The number of methoxy groups -OCH3 is 2. The van der Waals surface area contributed by atoms with Gasteiger partial charge in [0.25, 0.3) is 0 Å². The van der Waals surface area contributed by atoms with E-state index in [9.17, 15) is 18.0 Å². The first-order valence-electron chi connectivity index (χ1n) is 8.36. The summed E-state index contributed by atoms with van der Waals surface area (Å²) in [6, 6.07) is 4.55. The number of nitrogens with zero attached hydrogens (tertiary/aromatic N) is 3. The Kier molecular flexibility index (Phi) is 5.97. The van der Waals surface area contributed by atoms with Crippen molar-refractivity contribution in [3.8, 4) is 11.5 Å². The molecule has 6 nitrogen and oxygen atoms in total. The van der Waals surface area contributed by atoms with Crippen molar-refractivity contribution in [1.29, 1.82) is 0 Å². The van der Waals surface area contributed by atoms with Crippen molar-refractivity contribution in [3.63, 3.8) is 0 Å². The summed E-state index contributed by atoms with van der Waals surface area (Å²) in [4.78, 5) is 21.4. The highest BCUT2D eigenvalue weighted by Gasteiger charge is 2.33. The first-order chi connectivity index (χ1) is 13.3. The number of amides is 1. The number of halogens is 3. The number of ether oxygens (including phenoxy) is 2. The molecule has 0 saturated carbocycles. The second kappa shape index (κ2) is 8.26. The van der Waals surface area contributed by atoms with Gasteiger partial charge in [0.05, 0.1) is 20.0 Å². The van der Waals surface area contributed by atoms with Gasteiger partial charge in [-0.1, -0.05) is 11.8 Å². The predicted octanol–water partition coefficient (Wildman–Crippen LogP) is 3.19. The third-order valence-electron chi connectivity index (χ3n) is 4.32. The van der Waals surface area contributed by atoms with Gasteiger partial charge in [-0.3, -0.25) is 4.79 Å². The number of rotatable bonds is 5. The van der Waals surface area contributed by atoms with E-state index in [4.69, 9.17) is 9.47 Å². The minimum Gasteiger partial charge on any atom is -0.493 e. The number of hydrogen-bond acceptors (Lipinski definition) is 6. The molecule has 0 N–H and O–H groups in total. The van der Waals surface area contributed by atoms with Gasteiger partial charge in [-0.25, -0.2) is 9.97 Å². The SMILES string of the molecule is COc1cc2c(cc1OC)CN(C(=O)CSc1nccc(C(F)(F)F)n1)CC2. The van der Waals surface area contributed by atoms with Crippen LogP contribution in [0.2, 0.25) is 0 Å². The number of alkyl halides is 3. The summed E-state index contributed by atoms with van der Waals surface area (Å²) in [7, 11) is 3.11. The molecule has 2 aromatic rings. The molecule has 0 spiro atoms. The Morgan fingerprint density at radius 2 is 1.89 bits per heavy atom. The molecule has 0 saturated heterocycles. The zero-order valence-corrected chi connectivity index (χ0v) is 16.1. The molecule has 2 heterocycles. The topological polar surface area (TPSA) is 64.6 Å². The standard InChI is InChI=1S/C18H18F3N3O3S/c1-26-13-7-11-4-6-24(9-12(11)8-14(13)27-2)16(25)10-28-17-22-5-3-15(23-17)18(19,20)21/h3,5,7-8H,4,6,9-10H2,1-2H3. The molecule has 1 aliphatic rings. The van der Waals surface area contributed by atoms with E-state index >= 15 is 0 Å². The Bertz CT molecular complexity index is 877. The highest BCUT2D eigenvalue weighted by atomic mass is 32.2. The van der Waals surface area contributed by atoms with E-state index in [-0.39, 0.29) is 16.8 Å². The summed E-state index contributed by atoms with van der Waals surface area (Å²) in [6.45, 7) is 0.920. The summed E-state index contributed by atoms with van der Waals surface area (Å²) in [5.41, 5.74) is 1.01. The first-order valence-corrected chi connectivity index (χ1v) is 9.35. The average molecular weight is 413 g/mol. The van der Waals surface area contributed by atoms with Crippen molar-refractivity contribution in [2.45, 2.75) is 24.3 Å². The van der Waals surface area contributed by atoms with E-state index in [0.29, 0.717) is 31.0 Å². The third-order valence-corrected chi connectivity index (χ3v) is 5.17. The Morgan fingerprint density at radius 3 is 2.54 bits per heavy atom. The largest absolute Gasteiger partial charge is 0.493 e. The number of benzene rings is 1. The van der Waals surface area contributed by atoms with E-state index in [0.717, 1.165) is 35.2 Å². The molecule has 0 fully saturated rings. The fourth-order valence-electron chi connectivity index (χ4n) is 2.88. The van der Waals surface area contributed by atoms with E-state index < -0.39 is 11.9 Å². The number of aromatic nitrogens is 2. The minimum atomic E-state index is -4.54. The maximum Gasteiger partial charge on any atom is 0.433 e. The maximum atomic E-state index is 12.7. The van der Waals surface area contributed by atoms with Gasteiger partial charge in [0.15, 0.2) is 16.7 Å². The monoisotopic (exact) mass is 413 g/mol. The number of carbonyl (C=O) groups excluding carboxylic acids is 1. The predicted molar refractivity (Wildman–Crippen MR) is 96.4 cm³/mol. The Balaban J connectivity index is 1.65. The molecule has 0 unspecified atom stereocenters. The highest BCUT2D eigenvalue weighted by molar-refractivity contribution is 7.99. The van der Waals surface area contributed by atoms with Gasteiger partial charge < -0.3 is 14.4 Å². The Morgan fingerprint density at radius 1 is 1.21 bits per heavy atom. The zero-order valence-electron chi connectivity index (χ0n) is 15.2. The van der Waals surface area contributed by atoms with E-state index in [1.165, 1.54) is 0 Å². The van der Waals surface area contributed by atoms with Crippen molar-refractivity contribution in [2.75, 3.05) is 26.5 Å². The molecule has 0 radical (unpaired) electrons. The number of thioether (sulfide) groups is 1. The second-order valence-electron chi connectivity index (χ2n) is 6.05. The van der Waals surface area contributed by atoms with Crippen LogP contribution in [-0.2, 0) is 23.9 Å². The van der Waals surface area contributed by atoms with Crippen LogP contribution in [0.15, 0.2) is 29.6 Å². The van der Waals surface area contributed by atoms with Crippen LogP contribution >= 0.6 is 11.8 Å². The molecule has 28 heavy (non-hydrogen) atoms. The van der Waals surface area contributed by atoms with Crippen LogP contribution in [-0.4, -0.2) is 47.3 Å². The number of carbonyl (C=O) groups is 1. The molecular weight excluding hydrogens is 395 g/mol. The molecule has 0 bridgehead atoms. The smallest absolute Gasteiger partial charge is 0.433 e. The number of fused-ring (bicyclic) bond motifs is 1. The van der Waals surface area contributed by atoms with Crippen molar-refractivity contribution < 1.29 is 27.4 Å². The molecule has 1 amide bonds. The van der Waals surface area contributed by atoms with Crippen LogP contribution < -0.4 is 9.47 Å². The van der Waals surface area contributed by atoms with Crippen LogP contribution in [0.25, 0.3) is 0 Å². The summed E-state index contributed by atoms with van der Waals surface area (Å²) >= 11 is 0.889. The van der Waals surface area contributed by atoms with E-state index in [2.05, 4.69) is 9.97 Å². The fraction of sp³-hybridized carbons (Fsp3) is 0.389. The molecule has 1 aromatic carbocycles. The summed E-state index contributed by atoms with van der Waals surface area (Å²) in [5, 5.41) is -0.0769. The normalized spacial score (nSPS) is 13.8. The lowest BCUT2D eigenvalue weighted by molar-refractivity contribution is -0.141. The van der Waals surface area contributed by atoms with Gasteiger partial charge in [-0.05, 0) is 35.7 Å². The summed E-state index contributed by atoms with van der Waals surface area (Å²) < 4.78 is 48.8. The van der Waals surface area contributed by atoms with Crippen LogP contribution in [0.3, 0.4) is 0 Å². The lowest BCUT2D eigenvalue weighted by Gasteiger charge is -2.29. The lowest BCUT2D eigenvalue weighted by Crippen LogP contribution is -2.37. The van der Waals surface area contributed by atoms with Crippen LogP contribution in [0.5, 0.6) is 11.5 Å². The van der Waals surface area contributed by atoms with Crippen molar-refractivity contribution in [3.05, 3.63) is 41.2 Å². The van der Waals surface area contributed by atoms with Crippen molar-refractivity contribution in [1.82, 2.24) is 14.9 Å². The molecule has 0 aliphatic carbocycles. The zero-order chi connectivity index (χ0) is 20.3. The quantitative estimate of drug-likeness (QED) is 0.554. The van der Waals surface area contributed by atoms with Crippen LogP contribution in [0.4, 0.5) is 13.2 Å². The lowest BCUT2D eigenvalue weighted by atomic mass is 9.99. The fourth-order valence-corrected chi connectivity index (χ4v) is 3.62. The van der Waals surface area contributed by atoms with Crippen LogP contribution in [0.1, 0.15) is 16.8 Å². The van der Waals surface area contributed by atoms with Gasteiger partial charge >= 0.3 is 6.18 Å². The molecule has 0 atom stereocenters. The molecule has 1 aromatic heterocycles. The number of hydrogen-bond donors (Lipinski definition) is 0. The van der Waals surface area contributed by atoms with Crippen molar-refractivity contribution >= 4 is 17.7 Å². The molecule has 10 heteroatoms. The molecule has 3 rings (SSSR count). The van der Waals surface area contributed by atoms with Gasteiger partial charge in [0.2, 0.25) is 5.91 Å². The average Bonchev–Trinajstić information content (AvgIpc) is 2.70. The van der Waals surface area contributed by atoms with E-state index in [1.807, 2.05) is 12.1 Å². The molecular formula is C18H18F3N3O3S. The summed E-state index contributed by atoms with van der Waals surface area (Å²) in [5.74, 6) is 0.997. The van der Waals surface area contributed by atoms with E-state index in [1.54, 1.807) is 19.1 Å². The Labute approximate surface area is 164 Å². The van der Waals surface area contributed by atoms with Gasteiger partial charge in [-0.2, -0.15) is 13.2 Å². The van der Waals surface area contributed by atoms with Gasteiger partial charge in [0, 0.05) is 19.3 Å². The summed E-state index contributed by atoms with van der Waals surface area (Å²) in [6.07, 6.45) is -2.84. The molecule has 150 valence electrons. The second-order valence-corrected chi connectivity index (χ2v) is 6.99.